The molecule has 29 heavy (non-hydrogen) atoms. The number of amides is 3. The van der Waals surface area contributed by atoms with Crippen molar-refractivity contribution in [2.45, 2.75) is 29.6 Å². The summed E-state index contributed by atoms with van der Waals surface area (Å²) in [5.74, 6) is -1.25. The van der Waals surface area contributed by atoms with Crippen LogP contribution in [0.4, 0.5) is 5.69 Å². The summed E-state index contributed by atoms with van der Waals surface area (Å²) in [6.07, 6.45) is 1.98. The predicted octanol–water partition coefficient (Wildman–Crippen LogP) is 1.25. The fourth-order valence-corrected chi connectivity index (χ4v) is 3.96. The smallest absolute Gasteiger partial charge is 0.267 e. The van der Waals surface area contributed by atoms with Gasteiger partial charge in [-0.05, 0) is 25.3 Å². The summed E-state index contributed by atoms with van der Waals surface area (Å²) in [6.45, 7) is 0.822. The molecule has 3 amide bonds. The maximum absolute atomic E-state index is 12.7. The number of alkyl halides is 2. The molecule has 10 heteroatoms. The van der Waals surface area contributed by atoms with Crippen molar-refractivity contribution in [3.63, 3.8) is 0 Å². The van der Waals surface area contributed by atoms with Crippen molar-refractivity contribution in [2.24, 2.45) is 11.7 Å². The molecular weight excluding hydrogens is 417 g/mol. The van der Waals surface area contributed by atoms with Crippen molar-refractivity contribution in [1.29, 1.82) is 5.41 Å². The van der Waals surface area contributed by atoms with Crippen molar-refractivity contribution < 1.29 is 14.4 Å². The first-order chi connectivity index (χ1) is 13.7. The molecular formula is C19H23Cl2N5O3. The lowest BCUT2D eigenvalue weighted by Gasteiger charge is -2.24. The molecule has 1 aromatic carbocycles. The summed E-state index contributed by atoms with van der Waals surface area (Å²) in [7, 11) is 0. The van der Waals surface area contributed by atoms with Crippen molar-refractivity contribution in [3.8, 4) is 0 Å². The van der Waals surface area contributed by atoms with Gasteiger partial charge in [0.25, 0.3) is 5.91 Å². The molecule has 1 aliphatic carbocycles. The molecule has 156 valence electrons. The second-order valence-electron chi connectivity index (χ2n) is 7.29. The van der Waals surface area contributed by atoms with E-state index >= 15 is 0 Å². The lowest BCUT2D eigenvalue weighted by Crippen LogP contribution is -2.48. The average molecular weight is 440 g/mol. The molecule has 1 saturated heterocycles. The number of benzene rings is 1. The number of rotatable bonds is 8. The molecule has 5 N–H and O–H groups in total. The number of nitrogens with one attached hydrogen (secondary N) is 3. The normalized spacial score (nSPS) is 22.1. The van der Waals surface area contributed by atoms with Gasteiger partial charge in [0.1, 0.15) is 16.1 Å². The maximum atomic E-state index is 12.7. The zero-order valence-electron chi connectivity index (χ0n) is 15.7. The third-order valence-corrected chi connectivity index (χ3v) is 6.15. The van der Waals surface area contributed by atoms with E-state index in [2.05, 4.69) is 10.6 Å². The van der Waals surface area contributed by atoms with Crippen LogP contribution in [-0.2, 0) is 14.4 Å². The average Bonchev–Trinajstić information content (AvgIpc) is 3.07. The zero-order valence-corrected chi connectivity index (χ0v) is 17.2. The van der Waals surface area contributed by atoms with Crippen LogP contribution in [0, 0.1) is 11.3 Å². The monoisotopic (exact) mass is 439 g/mol. The van der Waals surface area contributed by atoms with Gasteiger partial charge in [-0.15, -0.1) is 23.2 Å². The number of likely N-dealkylation sites (tertiary alicyclic amines) is 1. The largest absolute Gasteiger partial charge is 0.376 e. The van der Waals surface area contributed by atoms with Gasteiger partial charge in [-0.2, -0.15) is 0 Å². The first kappa shape index (κ1) is 21.4. The number of hydrogen-bond donors (Lipinski definition) is 4. The minimum absolute atomic E-state index is 0.0408. The molecule has 1 aromatic rings. The van der Waals surface area contributed by atoms with Gasteiger partial charge in [-0.1, -0.05) is 18.2 Å². The zero-order chi connectivity index (χ0) is 21.2. The van der Waals surface area contributed by atoms with Gasteiger partial charge in [0.15, 0.2) is 0 Å². The highest BCUT2D eigenvalue weighted by Gasteiger charge is 2.51. The number of carbonyl (C=O) groups excluding carboxylic acids is 3. The Morgan fingerprint density at radius 1 is 1.28 bits per heavy atom. The van der Waals surface area contributed by atoms with E-state index in [4.69, 9.17) is 34.3 Å². The van der Waals surface area contributed by atoms with E-state index in [1.165, 1.54) is 0 Å². The molecule has 0 aromatic heterocycles. The first-order valence-electron chi connectivity index (χ1n) is 9.37. The first-order valence-corrected chi connectivity index (χ1v) is 10.1. The fraction of sp³-hybridized carbons (Fsp3) is 0.474. The fourth-order valence-electron chi connectivity index (χ4n) is 3.43. The van der Waals surface area contributed by atoms with Crippen LogP contribution < -0.4 is 16.4 Å². The van der Waals surface area contributed by atoms with Gasteiger partial charge in [0, 0.05) is 30.3 Å². The molecule has 1 heterocycles. The molecule has 8 nitrogen and oxygen atoms in total. The van der Waals surface area contributed by atoms with Crippen molar-refractivity contribution >= 4 is 52.3 Å². The highest BCUT2D eigenvalue weighted by Crippen LogP contribution is 2.52. The van der Waals surface area contributed by atoms with E-state index in [-0.39, 0.29) is 30.0 Å². The van der Waals surface area contributed by atoms with Crippen molar-refractivity contribution in [1.82, 2.24) is 10.2 Å². The van der Waals surface area contributed by atoms with E-state index in [9.17, 15) is 14.4 Å². The molecule has 2 fully saturated rings. The summed E-state index contributed by atoms with van der Waals surface area (Å²) in [5, 5.41) is 13.6. The summed E-state index contributed by atoms with van der Waals surface area (Å²) in [5.41, 5.74) is 5.62. The summed E-state index contributed by atoms with van der Waals surface area (Å²) in [6, 6.07) is 6.12. The van der Waals surface area contributed by atoms with Crippen LogP contribution in [0.15, 0.2) is 24.3 Å². The van der Waals surface area contributed by atoms with Gasteiger partial charge in [-0.25, -0.2) is 0 Å². The minimum atomic E-state index is -0.851. The Hall–Kier alpha value is -2.32. The van der Waals surface area contributed by atoms with Crippen molar-refractivity contribution in [3.05, 3.63) is 29.8 Å². The van der Waals surface area contributed by atoms with E-state index in [1.54, 1.807) is 29.2 Å². The number of nitrogens with zero attached hydrogens (tertiary/aromatic N) is 1. The molecule has 3 rings (SSSR count). The minimum Gasteiger partial charge on any atom is -0.376 e. The van der Waals surface area contributed by atoms with Crippen LogP contribution in [0.1, 0.15) is 24.8 Å². The third kappa shape index (κ3) is 5.00. The Morgan fingerprint density at radius 3 is 2.62 bits per heavy atom. The Kier molecular flexibility index (Phi) is 6.33. The number of nitrogens with two attached hydrogens (primary N) is 1. The van der Waals surface area contributed by atoms with Crippen molar-refractivity contribution in [2.75, 3.05) is 25.0 Å². The quantitative estimate of drug-likeness (QED) is 0.358. The number of carbonyl (C=O) groups is 3. The molecule has 1 aliphatic heterocycles. The third-order valence-electron chi connectivity index (χ3n) is 5.23. The molecule has 2 aliphatic rings. The van der Waals surface area contributed by atoms with Crippen LogP contribution in [0.2, 0.25) is 0 Å². The van der Waals surface area contributed by atoms with Crippen LogP contribution in [0.25, 0.3) is 0 Å². The molecule has 0 unspecified atom stereocenters. The number of hydrogen-bond acceptors (Lipinski definition) is 5. The Bertz CT molecular complexity index is 845. The number of halogens is 2. The van der Waals surface area contributed by atoms with Gasteiger partial charge in [0.2, 0.25) is 11.8 Å². The summed E-state index contributed by atoms with van der Waals surface area (Å²) in [4.78, 5) is 38.1. The van der Waals surface area contributed by atoms with E-state index in [0.717, 1.165) is 6.42 Å². The molecule has 0 bridgehead atoms. The second-order valence-corrected chi connectivity index (χ2v) is 8.83. The molecule has 0 radical (unpaired) electrons. The van der Waals surface area contributed by atoms with Gasteiger partial charge in [0.05, 0.1) is 6.54 Å². The lowest BCUT2D eigenvalue weighted by atomic mass is 10.1. The molecule has 0 spiro atoms. The highest BCUT2D eigenvalue weighted by molar-refractivity contribution is 6.50. The molecule has 1 saturated carbocycles. The van der Waals surface area contributed by atoms with Gasteiger partial charge >= 0.3 is 0 Å². The van der Waals surface area contributed by atoms with E-state index in [0.29, 0.717) is 37.2 Å². The summed E-state index contributed by atoms with van der Waals surface area (Å²) < 4.78 is -0.756. The van der Waals surface area contributed by atoms with E-state index < -0.39 is 16.3 Å². The Labute approximate surface area is 178 Å². The van der Waals surface area contributed by atoms with Gasteiger partial charge in [-0.3, -0.25) is 19.8 Å². The predicted molar refractivity (Wildman–Crippen MR) is 111 cm³/mol. The van der Waals surface area contributed by atoms with Crippen LogP contribution in [0.5, 0.6) is 0 Å². The lowest BCUT2D eigenvalue weighted by molar-refractivity contribution is -0.137. The Morgan fingerprint density at radius 2 is 1.97 bits per heavy atom. The second kappa shape index (κ2) is 8.59. The maximum Gasteiger partial charge on any atom is 0.267 e. The van der Waals surface area contributed by atoms with Gasteiger partial charge < -0.3 is 21.3 Å². The summed E-state index contributed by atoms with van der Waals surface area (Å²) >= 11 is 12.0. The highest BCUT2D eigenvalue weighted by atomic mass is 35.5. The molecule has 2 atom stereocenters. The number of para-hydroxylation sites is 1. The van der Waals surface area contributed by atoms with Crippen LogP contribution in [-0.4, -0.2) is 58.3 Å². The topological polar surface area (TPSA) is 128 Å². The SMILES string of the molecule is N=C(C(N)=O)c1ccccc1NCC(=O)N1CCC[C@H]1C(=O)NC[C@@H]1CC1(Cl)Cl. The Balaban J connectivity index is 1.57. The van der Waals surface area contributed by atoms with Crippen LogP contribution >= 0.6 is 23.2 Å². The number of primary amides is 1. The standard InChI is InChI=1S/C19H23Cl2N5O3/c20-19(21)8-11(19)9-25-18(29)14-6-3-7-26(14)15(27)10-24-13-5-2-1-4-12(13)16(22)17(23)28/h1-2,4-5,11,14,22,24H,3,6-10H2,(H2,23,28)(H,25,29)/t11-,14-/m0/s1. The number of anilines is 1. The van der Waals surface area contributed by atoms with E-state index in [1.807, 2.05) is 0 Å². The van der Waals surface area contributed by atoms with Crippen LogP contribution in [0.3, 0.4) is 0 Å².